The fraction of sp³-hybridized carbons (Fsp3) is 0.214. The Balaban J connectivity index is 1.77. The van der Waals surface area contributed by atoms with Crippen LogP contribution in [0.1, 0.15) is 11.1 Å². The minimum absolute atomic E-state index is 0.0217. The highest BCUT2D eigenvalue weighted by molar-refractivity contribution is 6.31. The van der Waals surface area contributed by atoms with Crippen LogP contribution in [0.2, 0.25) is 5.02 Å². The summed E-state index contributed by atoms with van der Waals surface area (Å²) in [5, 5.41) is 3.48. The van der Waals surface area contributed by atoms with E-state index in [4.69, 9.17) is 16.0 Å². The van der Waals surface area contributed by atoms with Gasteiger partial charge in [0.1, 0.15) is 0 Å². The van der Waals surface area contributed by atoms with E-state index < -0.39 is 0 Å². The zero-order chi connectivity index (χ0) is 12.8. The van der Waals surface area contributed by atoms with Gasteiger partial charge < -0.3 is 9.73 Å². The predicted octanol–water partition coefficient (Wildman–Crippen LogP) is 2.83. The summed E-state index contributed by atoms with van der Waals surface area (Å²) < 4.78 is 4.95. The maximum absolute atomic E-state index is 11.7. The Morgan fingerprint density at radius 1 is 1.28 bits per heavy atom. The van der Waals surface area contributed by atoms with Gasteiger partial charge in [-0.2, -0.15) is 0 Å². The fourth-order valence-electron chi connectivity index (χ4n) is 1.66. The molecule has 0 saturated heterocycles. The number of rotatable bonds is 5. The summed E-state index contributed by atoms with van der Waals surface area (Å²) in [5.74, 6) is -0.0217. The number of furan rings is 1. The molecule has 0 aliphatic carbocycles. The SMILES string of the molecule is O=C(Cc1ccccc1Cl)NCCc1ccoc1. The second-order valence-electron chi connectivity index (χ2n) is 4.00. The van der Waals surface area contributed by atoms with Crippen LogP contribution in [0.15, 0.2) is 47.3 Å². The zero-order valence-electron chi connectivity index (χ0n) is 9.86. The third-order valence-electron chi connectivity index (χ3n) is 2.62. The summed E-state index contributed by atoms with van der Waals surface area (Å²) in [6.45, 7) is 0.600. The van der Waals surface area contributed by atoms with E-state index in [9.17, 15) is 4.79 Å². The molecule has 3 nitrogen and oxygen atoms in total. The van der Waals surface area contributed by atoms with Crippen molar-refractivity contribution in [2.75, 3.05) is 6.54 Å². The highest BCUT2D eigenvalue weighted by atomic mass is 35.5. The van der Waals surface area contributed by atoms with Gasteiger partial charge >= 0.3 is 0 Å². The molecule has 0 aliphatic heterocycles. The molecule has 1 heterocycles. The van der Waals surface area contributed by atoms with Crippen LogP contribution >= 0.6 is 11.6 Å². The number of nitrogens with one attached hydrogen (secondary N) is 1. The highest BCUT2D eigenvalue weighted by Crippen LogP contribution is 2.15. The van der Waals surface area contributed by atoms with Gasteiger partial charge in [-0.1, -0.05) is 29.8 Å². The van der Waals surface area contributed by atoms with Gasteiger partial charge in [-0.05, 0) is 29.7 Å². The van der Waals surface area contributed by atoms with Crippen LogP contribution in [0.4, 0.5) is 0 Å². The molecule has 94 valence electrons. The first-order valence-electron chi connectivity index (χ1n) is 5.77. The van der Waals surface area contributed by atoms with Crippen LogP contribution in [0.25, 0.3) is 0 Å². The van der Waals surface area contributed by atoms with E-state index in [1.54, 1.807) is 18.6 Å². The molecule has 1 aromatic heterocycles. The molecular weight excluding hydrogens is 250 g/mol. The van der Waals surface area contributed by atoms with Gasteiger partial charge in [0.25, 0.3) is 0 Å². The molecule has 0 unspecified atom stereocenters. The Morgan fingerprint density at radius 2 is 2.11 bits per heavy atom. The van der Waals surface area contributed by atoms with E-state index in [-0.39, 0.29) is 5.91 Å². The van der Waals surface area contributed by atoms with Crippen molar-refractivity contribution >= 4 is 17.5 Å². The third-order valence-corrected chi connectivity index (χ3v) is 2.99. The summed E-state index contributed by atoms with van der Waals surface area (Å²) in [5.41, 5.74) is 1.92. The van der Waals surface area contributed by atoms with E-state index >= 15 is 0 Å². The average Bonchev–Trinajstić information content (AvgIpc) is 2.85. The van der Waals surface area contributed by atoms with Crippen molar-refractivity contribution in [3.63, 3.8) is 0 Å². The Kier molecular flexibility index (Phi) is 4.42. The molecule has 1 amide bonds. The van der Waals surface area contributed by atoms with Gasteiger partial charge in [-0.15, -0.1) is 0 Å². The van der Waals surface area contributed by atoms with Crippen molar-refractivity contribution in [2.24, 2.45) is 0 Å². The first-order chi connectivity index (χ1) is 8.75. The van der Waals surface area contributed by atoms with Crippen LogP contribution in [0.3, 0.4) is 0 Å². The lowest BCUT2D eigenvalue weighted by molar-refractivity contribution is -0.120. The van der Waals surface area contributed by atoms with Gasteiger partial charge in [0.05, 0.1) is 18.9 Å². The minimum Gasteiger partial charge on any atom is -0.472 e. The van der Waals surface area contributed by atoms with Crippen LogP contribution in [0, 0.1) is 0 Å². The van der Waals surface area contributed by atoms with Crippen molar-refractivity contribution in [1.29, 1.82) is 0 Å². The summed E-state index contributed by atoms with van der Waals surface area (Å²) in [6.07, 6.45) is 4.39. The lowest BCUT2D eigenvalue weighted by Gasteiger charge is -2.05. The number of amides is 1. The maximum atomic E-state index is 11.7. The standard InChI is InChI=1S/C14H14ClNO2/c15-13-4-2-1-3-12(13)9-14(17)16-7-5-11-6-8-18-10-11/h1-4,6,8,10H,5,7,9H2,(H,16,17). The molecule has 2 aromatic rings. The van der Waals surface area contributed by atoms with Crippen molar-refractivity contribution in [3.05, 3.63) is 59.0 Å². The summed E-state index contributed by atoms with van der Waals surface area (Å²) >= 11 is 5.99. The van der Waals surface area contributed by atoms with E-state index in [2.05, 4.69) is 5.32 Å². The number of benzene rings is 1. The second kappa shape index (κ2) is 6.26. The number of halogens is 1. The lowest BCUT2D eigenvalue weighted by Crippen LogP contribution is -2.27. The van der Waals surface area contributed by atoms with Crippen molar-refractivity contribution < 1.29 is 9.21 Å². The second-order valence-corrected chi connectivity index (χ2v) is 4.41. The van der Waals surface area contributed by atoms with Gasteiger partial charge in [-0.3, -0.25) is 4.79 Å². The van der Waals surface area contributed by atoms with Crippen molar-refractivity contribution in [2.45, 2.75) is 12.8 Å². The Bertz CT molecular complexity index is 508. The highest BCUT2D eigenvalue weighted by Gasteiger charge is 2.06. The monoisotopic (exact) mass is 263 g/mol. The molecule has 0 bridgehead atoms. The molecule has 0 spiro atoms. The molecule has 0 aliphatic rings. The first kappa shape index (κ1) is 12.7. The molecule has 4 heteroatoms. The van der Waals surface area contributed by atoms with Crippen LogP contribution in [-0.4, -0.2) is 12.5 Å². The molecule has 1 N–H and O–H groups in total. The Hall–Kier alpha value is -1.74. The Labute approximate surface area is 111 Å². The third kappa shape index (κ3) is 3.64. The minimum atomic E-state index is -0.0217. The average molecular weight is 264 g/mol. The van der Waals surface area contributed by atoms with Gasteiger partial charge in [0.15, 0.2) is 0 Å². The van der Waals surface area contributed by atoms with E-state index in [0.717, 1.165) is 17.5 Å². The molecule has 2 rings (SSSR count). The van der Waals surface area contributed by atoms with Crippen molar-refractivity contribution in [1.82, 2.24) is 5.32 Å². The lowest BCUT2D eigenvalue weighted by atomic mass is 10.1. The van der Waals surface area contributed by atoms with Gasteiger partial charge in [0.2, 0.25) is 5.91 Å². The van der Waals surface area contributed by atoms with Crippen LogP contribution in [0.5, 0.6) is 0 Å². The fourth-order valence-corrected chi connectivity index (χ4v) is 1.86. The predicted molar refractivity (Wildman–Crippen MR) is 70.6 cm³/mol. The molecule has 18 heavy (non-hydrogen) atoms. The summed E-state index contributed by atoms with van der Waals surface area (Å²) in [6, 6.07) is 9.26. The maximum Gasteiger partial charge on any atom is 0.224 e. The van der Waals surface area contributed by atoms with Crippen molar-refractivity contribution in [3.8, 4) is 0 Å². The smallest absolute Gasteiger partial charge is 0.224 e. The normalized spacial score (nSPS) is 10.3. The van der Waals surface area contributed by atoms with E-state index in [0.29, 0.717) is 18.0 Å². The number of carbonyl (C=O) groups is 1. The van der Waals surface area contributed by atoms with E-state index in [1.165, 1.54) is 0 Å². The first-order valence-corrected chi connectivity index (χ1v) is 6.14. The number of hydrogen-bond donors (Lipinski definition) is 1. The number of carbonyl (C=O) groups excluding carboxylic acids is 1. The topological polar surface area (TPSA) is 42.2 Å². The molecule has 0 saturated carbocycles. The van der Waals surface area contributed by atoms with E-state index in [1.807, 2.05) is 24.3 Å². The summed E-state index contributed by atoms with van der Waals surface area (Å²) in [4.78, 5) is 11.7. The molecular formula is C14H14ClNO2. The largest absolute Gasteiger partial charge is 0.472 e. The summed E-state index contributed by atoms with van der Waals surface area (Å²) in [7, 11) is 0. The van der Waals surface area contributed by atoms with Gasteiger partial charge in [-0.25, -0.2) is 0 Å². The quantitative estimate of drug-likeness (QED) is 0.901. The number of hydrogen-bond acceptors (Lipinski definition) is 2. The molecule has 0 fully saturated rings. The van der Waals surface area contributed by atoms with Gasteiger partial charge in [0, 0.05) is 11.6 Å². The Morgan fingerprint density at radius 3 is 2.83 bits per heavy atom. The molecule has 0 radical (unpaired) electrons. The van der Waals surface area contributed by atoms with Crippen LogP contribution < -0.4 is 5.32 Å². The zero-order valence-corrected chi connectivity index (χ0v) is 10.6. The van der Waals surface area contributed by atoms with Crippen LogP contribution in [-0.2, 0) is 17.6 Å². The molecule has 0 atom stereocenters. The molecule has 1 aromatic carbocycles.